The average Bonchev–Trinajstić information content (AvgIpc) is 3.14. The standard InChI is InChI=1S/C24H26N2O5/c1-16-6-8-19(9-7-16)23-25-21(17(2)31-23)14-30-20-5-3-4-18(12-20)13-26-10-11-29-15-22(26)24(27)28/h3-9,12,22H,10-11,13-15H2,1-2H3,(H,27,28). The molecule has 2 aromatic carbocycles. The first-order valence-corrected chi connectivity index (χ1v) is 10.3. The van der Waals surface area contributed by atoms with Gasteiger partial charge in [0.05, 0.1) is 13.2 Å². The van der Waals surface area contributed by atoms with Crippen molar-refractivity contribution in [1.29, 1.82) is 0 Å². The largest absolute Gasteiger partial charge is 0.487 e. The van der Waals surface area contributed by atoms with Crippen molar-refractivity contribution in [3.8, 4) is 17.2 Å². The molecule has 1 aliphatic heterocycles. The number of nitrogens with zero attached hydrogens (tertiary/aromatic N) is 2. The summed E-state index contributed by atoms with van der Waals surface area (Å²) in [4.78, 5) is 18.0. The molecule has 0 bridgehead atoms. The number of hydrogen-bond acceptors (Lipinski definition) is 6. The Hall–Kier alpha value is -3.16. The lowest BCUT2D eigenvalue weighted by atomic mass is 10.1. The Bertz CT molecular complexity index is 1040. The Labute approximate surface area is 181 Å². The normalized spacial score (nSPS) is 16.9. The van der Waals surface area contributed by atoms with E-state index in [9.17, 15) is 9.90 Å². The maximum absolute atomic E-state index is 11.5. The van der Waals surface area contributed by atoms with E-state index in [0.717, 1.165) is 22.6 Å². The first-order valence-electron chi connectivity index (χ1n) is 10.3. The maximum Gasteiger partial charge on any atom is 0.323 e. The van der Waals surface area contributed by atoms with E-state index in [0.29, 0.717) is 37.9 Å². The number of rotatable bonds is 7. The molecule has 1 unspecified atom stereocenters. The van der Waals surface area contributed by atoms with Crippen LogP contribution < -0.4 is 4.74 Å². The summed E-state index contributed by atoms with van der Waals surface area (Å²) >= 11 is 0. The highest BCUT2D eigenvalue weighted by Crippen LogP contribution is 2.24. The van der Waals surface area contributed by atoms with Gasteiger partial charge >= 0.3 is 5.97 Å². The van der Waals surface area contributed by atoms with Crippen LogP contribution in [0.15, 0.2) is 52.9 Å². The molecule has 1 fully saturated rings. The minimum Gasteiger partial charge on any atom is -0.487 e. The van der Waals surface area contributed by atoms with Crippen LogP contribution in [0.25, 0.3) is 11.5 Å². The van der Waals surface area contributed by atoms with Gasteiger partial charge in [-0.15, -0.1) is 0 Å². The van der Waals surface area contributed by atoms with Gasteiger partial charge in [-0.05, 0) is 43.7 Å². The Kier molecular flexibility index (Phi) is 6.34. The van der Waals surface area contributed by atoms with E-state index in [1.165, 1.54) is 5.56 Å². The first kappa shape index (κ1) is 21.1. The minimum atomic E-state index is -0.863. The number of aliphatic carboxylic acids is 1. The quantitative estimate of drug-likeness (QED) is 0.619. The number of carbonyl (C=O) groups is 1. The second kappa shape index (κ2) is 9.32. The van der Waals surface area contributed by atoms with Gasteiger partial charge in [0.2, 0.25) is 5.89 Å². The second-order valence-corrected chi connectivity index (χ2v) is 7.72. The lowest BCUT2D eigenvalue weighted by Crippen LogP contribution is -2.49. The molecule has 1 saturated heterocycles. The summed E-state index contributed by atoms with van der Waals surface area (Å²) in [6, 6.07) is 15.1. The van der Waals surface area contributed by atoms with Crippen molar-refractivity contribution in [2.24, 2.45) is 0 Å². The second-order valence-electron chi connectivity index (χ2n) is 7.72. The van der Waals surface area contributed by atoms with Crippen LogP contribution in [0.5, 0.6) is 5.75 Å². The van der Waals surface area contributed by atoms with Crippen molar-refractivity contribution < 1.29 is 23.8 Å². The van der Waals surface area contributed by atoms with Crippen LogP contribution in [-0.4, -0.2) is 46.8 Å². The maximum atomic E-state index is 11.5. The number of carboxylic acid groups (broad SMARTS) is 1. The molecule has 0 amide bonds. The third-order valence-corrected chi connectivity index (χ3v) is 5.38. The van der Waals surface area contributed by atoms with Crippen molar-refractivity contribution in [3.63, 3.8) is 0 Å². The monoisotopic (exact) mass is 422 g/mol. The summed E-state index contributed by atoms with van der Waals surface area (Å²) in [5.74, 6) is 1.15. The number of carboxylic acids is 1. The van der Waals surface area contributed by atoms with Gasteiger partial charge in [-0.3, -0.25) is 9.69 Å². The smallest absolute Gasteiger partial charge is 0.323 e. The van der Waals surface area contributed by atoms with Gasteiger partial charge in [-0.1, -0.05) is 29.8 Å². The molecule has 1 atom stereocenters. The van der Waals surface area contributed by atoms with Crippen molar-refractivity contribution in [2.75, 3.05) is 19.8 Å². The number of ether oxygens (including phenoxy) is 2. The van der Waals surface area contributed by atoms with Gasteiger partial charge in [0.25, 0.3) is 0 Å². The van der Waals surface area contributed by atoms with Gasteiger partial charge in [0.1, 0.15) is 29.9 Å². The summed E-state index contributed by atoms with van der Waals surface area (Å²) in [6.07, 6.45) is 0. The topological polar surface area (TPSA) is 85.0 Å². The highest BCUT2D eigenvalue weighted by molar-refractivity contribution is 5.73. The van der Waals surface area contributed by atoms with E-state index in [1.807, 2.05) is 67.3 Å². The molecule has 1 aliphatic rings. The number of oxazole rings is 1. The lowest BCUT2D eigenvalue weighted by molar-refractivity contribution is -0.150. The molecule has 0 spiro atoms. The Balaban J connectivity index is 1.41. The molecule has 1 aromatic heterocycles. The SMILES string of the molecule is Cc1ccc(-c2nc(COc3cccc(CN4CCOCC4C(=O)O)c3)c(C)o2)cc1. The summed E-state index contributed by atoms with van der Waals surface area (Å²) in [6.45, 7) is 6.07. The predicted octanol–water partition coefficient (Wildman–Crippen LogP) is 3.82. The van der Waals surface area contributed by atoms with E-state index >= 15 is 0 Å². The number of hydrogen-bond donors (Lipinski definition) is 1. The van der Waals surface area contributed by atoms with Gasteiger partial charge in [-0.25, -0.2) is 4.98 Å². The van der Waals surface area contributed by atoms with Crippen molar-refractivity contribution in [2.45, 2.75) is 33.0 Å². The molecule has 2 heterocycles. The van der Waals surface area contributed by atoms with Gasteiger partial charge in [-0.2, -0.15) is 0 Å². The van der Waals surface area contributed by atoms with Crippen molar-refractivity contribution >= 4 is 5.97 Å². The third-order valence-electron chi connectivity index (χ3n) is 5.38. The molecule has 1 N–H and O–H groups in total. The van der Waals surface area contributed by atoms with E-state index in [1.54, 1.807) is 0 Å². The molecule has 0 saturated carbocycles. The number of benzene rings is 2. The fourth-order valence-corrected chi connectivity index (χ4v) is 3.56. The Morgan fingerprint density at radius 3 is 2.81 bits per heavy atom. The number of morpholine rings is 1. The summed E-state index contributed by atoms with van der Waals surface area (Å²) < 4.78 is 17.1. The highest BCUT2D eigenvalue weighted by atomic mass is 16.5. The third kappa shape index (κ3) is 5.13. The van der Waals surface area contributed by atoms with Crippen LogP contribution in [0.1, 0.15) is 22.6 Å². The Morgan fingerprint density at radius 1 is 1.23 bits per heavy atom. The van der Waals surface area contributed by atoms with Gasteiger partial charge < -0.3 is 19.0 Å². The zero-order valence-corrected chi connectivity index (χ0v) is 17.7. The van der Waals surface area contributed by atoms with E-state index in [2.05, 4.69) is 4.98 Å². The van der Waals surface area contributed by atoms with Crippen LogP contribution >= 0.6 is 0 Å². The molecule has 7 heteroatoms. The van der Waals surface area contributed by atoms with E-state index in [4.69, 9.17) is 13.9 Å². The van der Waals surface area contributed by atoms with Gasteiger partial charge in [0, 0.05) is 18.7 Å². The van der Waals surface area contributed by atoms with E-state index in [-0.39, 0.29) is 6.61 Å². The molecular formula is C24H26N2O5. The highest BCUT2D eigenvalue weighted by Gasteiger charge is 2.29. The molecule has 31 heavy (non-hydrogen) atoms. The molecule has 0 radical (unpaired) electrons. The zero-order chi connectivity index (χ0) is 21.8. The van der Waals surface area contributed by atoms with Crippen molar-refractivity contribution in [1.82, 2.24) is 9.88 Å². The van der Waals surface area contributed by atoms with Crippen LogP contribution in [-0.2, 0) is 22.7 Å². The van der Waals surface area contributed by atoms with Gasteiger partial charge in [0.15, 0.2) is 0 Å². The van der Waals surface area contributed by atoms with E-state index < -0.39 is 12.0 Å². The fraction of sp³-hybridized carbons (Fsp3) is 0.333. The number of aryl methyl sites for hydroxylation is 2. The molecule has 162 valence electrons. The molecular weight excluding hydrogens is 396 g/mol. The molecule has 3 aromatic rings. The van der Waals surface area contributed by atoms with Crippen molar-refractivity contribution in [3.05, 3.63) is 71.1 Å². The predicted molar refractivity (Wildman–Crippen MR) is 115 cm³/mol. The van der Waals surface area contributed by atoms with Crippen LogP contribution in [0.2, 0.25) is 0 Å². The Morgan fingerprint density at radius 2 is 2.03 bits per heavy atom. The summed E-state index contributed by atoms with van der Waals surface area (Å²) in [7, 11) is 0. The zero-order valence-electron chi connectivity index (χ0n) is 17.7. The molecule has 0 aliphatic carbocycles. The van der Waals surface area contributed by atoms with Crippen LogP contribution in [0.3, 0.4) is 0 Å². The summed E-state index contributed by atoms with van der Waals surface area (Å²) in [5, 5.41) is 9.41. The lowest BCUT2D eigenvalue weighted by Gasteiger charge is -2.32. The first-order chi connectivity index (χ1) is 15.0. The molecule has 4 rings (SSSR count). The minimum absolute atomic E-state index is 0.209. The van der Waals surface area contributed by atoms with Crippen LogP contribution in [0, 0.1) is 13.8 Å². The van der Waals surface area contributed by atoms with Crippen LogP contribution in [0.4, 0.5) is 0 Å². The average molecular weight is 422 g/mol. The number of aromatic nitrogens is 1. The molecule has 7 nitrogen and oxygen atoms in total. The summed E-state index contributed by atoms with van der Waals surface area (Å²) in [5.41, 5.74) is 3.85. The fourth-order valence-electron chi connectivity index (χ4n) is 3.56.